The molecule has 1 heterocycles. The molecule has 2 N–H and O–H groups in total. The minimum Gasteiger partial charge on any atom is -0.308 e. The predicted molar refractivity (Wildman–Crippen MR) is 66.1 cm³/mol. The minimum atomic E-state index is -3.48. The molecule has 98 valence electrons. The van der Waals surface area contributed by atoms with Gasteiger partial charge in [0.05, 0.1) is 6.20 Å². The topological polar surface area (TPSA) is 78.1 Å². The molecular formula is C10H20N4O2S. The minimum absolute atomic E-state index is 0.120. The van der Waals surface area contributed by atoms with Gasteiger partial charge in [-0.2, -0.15) is 5.10 Å². The van der Waals surface area contributed by atoms with Crippen molar-refractivity contribution < 1.29 is 8.42 Å². The quantitative estimate of drug-likeness (QED) is 0.770. The molecule has 0 spiro atoms. The third-order valence-corrected chi connectivity index (χ3v) is 3.91. The Bertz CT molecular complexity index is 425. The number of hydrogen-bond donors (Lipinski definition) is 2. The third-order valence-electron chi connectivity index (χ3n) is 2.46. The first-order valence-corrected chi connectivity index (χ1v) is 6.97. The summed E-state index contributed by atoms with van der Waals surface area (Å²) in [5.41, 5.74) is 0. The molecule has 1 rings (SSSR count). The molecule has 0 bridgehead atoms. The highest BCUT2D eigenvalue weighted by Gasteiger charge is 2.23. The van der Waals surface area contributed by atoms with Gasteiger partial charge in [0, 0.05) is 18.8 Å². The molecule has 0 fully saturated rings. The second-order valence-electron chi connectivity index (χ2n) is 4.67. The van der Waals surface area contributed by atoms with E-state index in [1.165, 1.54) is 12.4 Å². The lowest BCUT2D eigenvalue weighted by Crippen LogP contribution is -2.44. The van der Waals surface area contributed by atoms with Crippen LogP contribution in [0.1, 0.15) is 13.8 Å². The fourth-order valence-corrected chi connectivity index (χ4v) is 2.71. The number of H-pyrrole nitrogens is 1. The summed E-state index contributed by atoms with van der Waals surface area (Å²) in [4.78, 5) is 2.13. The lowest BCUT2D eigenvalue weighted by atomic mass is 10.1. The molecule has 17 heavy (non-hydrogen) atoms. The van der Waals surface area contributed by atoms with Crippen molar-refractivity contribution in [3.05, 3.63) is 12.4 Å². The molecular weight excluding hydrogens is 240 g/mol. The van der Waals surface area contributed by atoms with Crippen LogP contribution >= 0.6 is 0 Å². The van der Waals surface area contributed by atoms with Crippen LogP contribution in [0.5, 0.6) is 0 Å². The molecule has 1 atom stereocenters. The van der Waals surface area contributed by atoms with Gasteiger partial charge in [-0.3, -0.25) is 5.10 Å². The van der Waals surface area contributed by atoms with E-state index in [1.54, 1.807) is 0 Å². The van der Waals surface area contributed by atoms with Crippen LogP contribution in [0, 0.1) is 5.92 Å². The lowest BCUT2D eigenvalue weighted by molar-refractivity contribution is 0.314. The monoisotopic (exact) mass is 260 g/mol. The van der Waals surface area contributed by atoms with Crippen molar-refractivity contribution in [1.82, 2.24) is 19.8 Å². The van der Waals surface area contributed by atoms with E-state index < -0.39 is 10.0 Å². The number of sulfonamides is 1. The van der Waals surface area contributed by atoms with E-state index in [9.17, 15) is 8.42 Å². The molecule has 0 aromatic carbocycles. The van der Waals surface area contributed by atoms with Crippen LogP contribution in [0.2, 0.25) is 0 Å². The normalized spacial score (nSPS) is 14.5. The number of hydrogen-bond acceptors (Lipinski definition) is 4. The first kappa shape index (κ1) is 14.1. The molecule has 0 amide bonds. The Morgan fingerprint density at radius 2 is 2.12 bits per heavy atom. The summed E-state index contributed by atoms with van der Waals surface area (Å²) >= 11 is 0. The van der Waals surface area contributed by atoms with E-state index >= 15 is 0 Å². The van der Waals surface area contributed by atoms with Crippen LogP contribution in [0.25, 0.3) is 0 Å². The lowest BCUT2D eigenvalue weighted by Gasteiger charge is -2.25. The molecule has 0 aliphatic carbocycles. The SMILES string of the molecule is CC(C)C(CN(C)C)NS(=O)(=O)c1cn[nH]c1. The zero-order valence-corrected chi connectivity index (χ0v) is 11.5. The van der Waals surface area contributed by atoms with Crippen molar-refractivity contribution in [3.8, 4) is 0 Å². The molecule has 0 radical (unpaired) electrons. The predicted octanol–water partition coefficient (Wildman–Crippen LogP) is 0.274. The molecule has 0 aliphatic heterocycles. The molecule has 0 saturated carbocycles. The van der Waals surface area contributed by atoms with Crippen molar-refractivity contribution in [3.63, 3.8) is 0 Å². The van der Waals surface area contributed by atoms with Gasteiger partial charge < -0.3 is 4.90 Å². The van der Waals surface area contributed by atoms with Gasteiger partial charge >= 0.3 is 0 Å². The van der Waals surface area contributed by atoms with Crippen LogP contribution in [-0.4, -0.2) is 50.2 Å². The van der Waals surface area contributed by atoms with E-state index in [1.807, 2.05) is 32.8 Å². The fraction of sp³-hybridized carbons (Fsp3) is 0.700. The Labute approximate surface area is 102 Å². The van der Waals surface area contributed by atoms with Crippen LogP contribution in [0.3, 0.4) is 0 Å². The average molecular weight is 260 g/mol. The van der Waals surface area contributed by atoms with Gasteiger partial charge in [-0.15, -0.1) is 0 Å². The summed E-state index contributed by atoms with van der Waals surface area (Å²) in [6.07, 6.45) is 2.67. The highest BCUT2D eigenvalue weighted by molar-refractivity contribution is 7.89. The summed E-state index contributed by atoms with van der Waals surface area (Å²) in [6, 6.07) is -0.120. The van der Waals surface area contributed by atoms with Gasteiger partial charge in [0.15, 0.2) is 0 Å². The van der Waals surface area contributed by atoms with Crippen molar-refractivity contribution in [2.45, 2.75) is 24.8 Å². The highest BCUT2D eigenvalue weighted by Crippen LogP contribution is 2.10. The zero-order valence-electron chi connectivity index (χ0n) is 10.6. The first-order valence-electron chi connectivity index (χ1n) is 5.49. The third kappa shape index (κ3) is 4.10. The second-order valence-corrected chi connectivity index (χ2v) is 6.38. The summed E-state index contributed by atoms with van der Waals surface area (Å²) in [5.74, 6) is 0.221. The second kappa shape index (κ2) is 5.61. The van der Waals surface area contributed by atoms with Gasteiger partial charge in [-0.1, -0.05) is 13.8 Å². The highest BCUT2D eigenvalue weighted by atomic mass is 32.2. The van der Waals surface area contributed by atoms with E-state index in [-0.39, 0.29) is 16.9 Å². The standard InChI is InChI=1S/C10H20N4O2S/c1-8(2)10(7-14(3)4)13-17(15,16)9-5-11-12-6-9/h5-6,8,10,13H,7H2,1-4H3,(H,11,12). The van der Waals surface area contributed by atoms with E-state index in [4.69, 9.17) is 0 Å². The van der Waals surface area contributed by atoms with Crippen LogP contribution in [0.15, 0.2) is 17.3 Å². The maximum absolute atomic E-state index is 12.0. The molecule has 0 saturated heterocycles. The van der Waals surface area contributed by atoms with E-state index in [0.29, 0.717) is 6.54 Å². The van der Waals surface area contributed by atoms with Gasteiger partial charge in [-0.25, -0.2) is 13.1 Å². The van der Waals surface area contributed by atoms with E-state index in [2.05, 4.69) is 14.9 Å². The Hall–Kier alpha value is -0.920. The Balaban J connectivity index is 2.80. The van der Waals surface area contributed by atoms with E-state index in [0.717, 1.165) is 0 Å². The largest absolute Gasteiger partial charge is 0.308 e. The maximum atomic E-state index is 12.0. The summed E-state index contributed by atoms with van der Waals surface area (Å²) in [7, 11) is 0.359. The fourth-order valence-electron chi connectivity index (χ4n) is 1.43. The number of nitrogens with one attached hydrogen (secondary N) is 2. The van der Waals surface area contributed by atoms with Gasteiger partial charge in [0.25, 0.3) is 0 Å². The van der Waals surface area contributed by atoms with Crippen LogP contribution in [-0.2, 0) is 10.0 Å². The van der Waals surface area contributed by atoms with Crippen molar-refractivity contribution in [2.75, 3.05) is 20.6 Å². The number of aromatic nitrogens is 2. The first-order chi connectivity index (χ1) is 7.83. The molecule has 6 nitrogen and oxygen atoms in total. The van der Waals surface area contributed by atoms with Gasteiger partial charge in [-0.05, 0) is 20.0 Å². The molecule has 0 aliphatic rings. The Morgan fingerprint density at radius 3 is 2.53 bits per heavy atom. The molecule has 1 unspecified atom stereocenters. The maximum Gasteiger partial charge on any atom is 0.243 e. The molecule has 1 aromatic rings. The van der Waals surface area contributed by atoms with Crippen molar-refractivity contribution in [2.24, 2.45) is 5.92 Å². The number of aromatic amines is 1. The zero-order chi connectivity index (χ0) is 13.1. The Morgan fingerprint density at radius 1 is 1.47 bits per heavy atom. The van der Waals surface area contributed by atoms with Gasteiger partial charge in [0.2, 0.25) is 10.0 Å². The molecule has 7 heteroatoms. The smallest absolute Gasteiger partial charge is 0.243 e. The van der Waals surface area contributed by atoms with Crippen LogP contribution in [0.4, 0.5) is 0 Å². The molecule has 1 aromatic heterocycles. The average Bonchev–Trinajstić information content (AvgIpc) is 2.68. The summed E-state index contributed by atoms with van der Waals surface area (Å²) in [5, 5.41) is 6.15. The summed E-state index contributed by atoms with van der Waals surface area (Å²) < 4.78 is 26.7. The number of nitrogens with zero attached hydrogens (tertiary/aromatic N) is 2. The number of rotatable bonds is 6. The van der Waals surface area contributed by atoms with Crippen LogP contribution < -0.4 is 4.72 Å². The van der Waals surface area contributed by atoms with Crippen molar-refractivity contribution in [1.29, 1.82) is 0 Å². The van der Waals surface area contributed by atoms with Gasteiger partial charge in [0.1, 0.15) is 4.90 Å². The van der Waals surface area contributed by atoms with Crippen molar-refractivity contribution >= 4 is 10.0 Å². The summed E-state index contributed by atoms with van der Waals surface area (Å²) in [6.45, 7) is 4.65. The Kier molecular flexibility index (Phi) is 4.67. The number of likely N-dealkylation sites (N-methyl/N-ethyl adjacent to an activating group) is 1.